The topological polar surface area (TPSA) is 71.1 Å². The predicted octanol–water partition coefficient (Wildman–Crippen LogP) is 3.13. The van der Waals surface area contributed by atoms with E-state index in [1.54, 1.807) is 14.0 Å². The van der Waals surface area contributed by atoms with Crippen LogP contribution in [0.5, 0.6) is 0 Å². The van der Waals surface area contributed by atoms with E-state index in [1.807, 2.05) is 0 Å². The van der Waals surface area contributed by atoms with Crippen LogP contribution in [0.2, 0.25) is 0 Å². The second-order valence-electron chi connectivity index (χ2n) is 4.31. The first-order valence-corrected chi connectivity index (χ1v) is 8.23. The Morgan fingerprint density at radius 1 is 1.29 bits per heavy atom. The van der Waals surface area contributed by atoms with Crippen LogP contribution in [0.4, 0.5) is 15.9 Å². The first kappa shape index (κ1) is 15.7. The van der Waals surface area contributed by atoms with E-state index >= 15 is 0 Å². The maximum atomic E-state index is 13.4. The van der Waals surface area contributed by atoms with Gasteiger partial charge in [-0.05, 0) is 46.6 Å². The second kappa shape index (κ2) is 5.98. The van der Waals surface area contributed by atoms with E-state index in [1.165, 1.54) is 30.5 Å². The van der Waals surface area contributed by atoms with Crippen molar-refractivity contribution in [1.29, 1.82) is 0 Å². The molecule has 112 valence electrons. The summed E-state index contributed by atoms with van der Waals surface area (Å²) in [6.07, 6.45) is 1.40. The fourth-order valence-corrected chi connectivity index (χ4v) is 3.15. The third-order valence-electron chi connectivity index (χ3n) is 2.81. The molecule has 8 heteroatoms. The number of nitrogens with one attached hydrogen (secondary N) is 2. The number of hydrogen-bond donors (Lipinski definition) is 2. The molecule has 0 saturated carbocycles. The van der Waals surface area contributed by atoms with Gasteiger partial charge < -0.3 is 5.32 Å². The van der Waals surface area contributed by atoms with Crippen LogP contribution in [0, 0.1) is 12.7 Å². The molecule has 2 aromatic rings. The van der Waals surface area contributed by atoms with Crippen LogP contribution in [-0.2, 0) is 10.0 Å². The molecule has 0 radical (unpaired) electrons. The van der Waals surface area contributed by atoms with E-state index in [4.69, 9.17) is 0 Å². The van der Waals surface area contributed by atoms with E-state index in [-0.39, 0.29) is 9.37 Å². The molecule has 1 heterocycles. The van der Waals surface area contributed by atoms with E-state index in [2.05, 4.69) is 31.0 Å². The van der Waals surface area contributed by atoms with Crippen molar-refractivity contribution in [3.63, 3.8) is 0 Å². The first-order valence-electron chi connectivity index (χ1n) is 5.96. The van der Waals surface area contributed by atoms with Crippen molar-refractivity contribution in [2.24, 2.45) is 0 Å². The fraction of sp³-hybridized carbons (Fsp3) is 0.154. The summed E-state index contributed by atoms with van der Waals surface area (Å²) in [6.45, 7) is 1.62. The summed E-state index contributed by atoms with van der Waals surface area (Å²) in [5.41, 5.74) is 0.799. The van der Waals surface area contributed by atoms with Crippen molar-refractivity contribution in [1.82, 2.24) is 4.98 Å². The zero-order valence-electron chi connectivity index (χ0n) is 11.3. The minimum atomic E-state index is -3.77. The minimum absolute atomic E-state index is 0.0710. The molecule has 1 aromatic heterocycles. The quantitative estimate of drug-likeness (QED) is 0.863. The molecular weight excluding hydrogens is 361 g/mol. The van der Waals surface area contributed by atoms with Crippen molar-refractivity contribution in [2.45, 2.75) is 11.8 Å². The Hall–Kier alpha value is -1.67. The van der Waals surface area contributed by atoms with Crippen LogP contribution in [0.15, 0.2) is 39.8 Å². The lowest BCUT2D eigenvalue weighted by atomic mass is 10.2. The van der Waals surface area contributed by atoms with Crippen molar-refractivity contribution in [3.8, 4) is 0 Å². The Balaban J connectivity index is 2.39. The molecule has 2 rings (SSSR count). The zero-order chi connectivity index (χ0) is 15.6. The summed E-state index contributed by atoms with van der Waals surface area (Å²) in [4.78, 5) is 4.03. The van der Waals surface area contributed by atoms with Crippen LogP contribution in [0.3, 0.4) is 0 Å². The SMILES string of the molecule is CNc1cc(S(=O)(=O)Nc2cc(Br)c(F)cc2C)ccn1. The van der Waals surface area contributed by atoms with Gasteiger partial charge in [0, 0.05) is 19.3 Å². The molecule has 0 aliphatic rings. The normalized spacial score (nSPS) is 11.2. The summed E-state index contributed by atoms with van der Waals surface area (Å²) in [7, 11) is -2.13. The maximum absolute atomic E-state index is 13.4. The first-order chi connectivity index (χ1) is 9.83. The van der Waals surface area contributed by atoms with Gasteiger partial charge in [0.25, 0.3) is 10.0 Å². The highest BCUT2D eigenvalue weighted by molar-refractivity contribution is 9.10. The summed E-state index contributed by atoms with van der Waals surface area (Å²) in [6, 6.07) is 5.45. The number of hydrogen-bond acceptors (Lipinski definition) is 4. The molecule has 0 fully saturated rings. The molecule has 0 aliphatic heterocycles. The number of benzene rings is 1. The van der Waals surface area contributed by atoms with E-state index in [0.29, 0.717) is 17.1 Å². The molecule has 0 aliphatic carbocycles. The number of nitrogens with zero attached hydrogens (tertiary/aromatic N) is 1. The van der Waals surface area contributed by atoms with Gasteiger partial charge in [0.2, 0.25) is 0 Å². The standard InChI is InChI=1S/C13H13BrFN3O2S/c1-8-5-11(15)10(14)7-12(8)18-21(19,20)9-3-4-17-13(6-9)16-2/h3-7,18H,1-2H3,(H,16,17). The van der Waals surface area contributed by atoms with Gasteiger partial charge in [0.1, 0.15) is 11.6 Å². The molecule has 21 heavy (non-hydrogen) atoms. The largest absolute Gasteiger partial charge is 0.373 e. The zero-order valence-corrected chi connectivity index (χ0v) is 13.7. The summed E-state index contributed by atoms with van der Waals surface area (Å²) in [5.74, 6) is -0.00767. The molecule has 0 amide bonds. The van der Waals surface area contributed by atoms with Crippen molar-refractivity contribution < 1.29 is 12.8 Å². The molecule has 0 bridgehead atoms. The maximum Gasteiger partial charge on any atom is 0.262 e. The van der Waals surface area contributed by atoms with E-state index < -0.39 is 15.8 Å². The number of halogens is 2. The fourth-order valence-electron chi connectivity index (χ4n) is 1.67. The number of aromatic nitrogens is 1. The van der Waals surface area contributed by atoms with Crippen LogP contribution in [0.25, 0.3) is 0 Å². The number of sulfonamides is 1. The number of rotatable bonds is 4. The Kier molecular flexibility index (Phi) is 4.48. The van der Waals surface area contributed by atoms with Crippen LogP contribution >= 0.6 is 15.9 Å². The third kappa shape index (κ3) is 3.51. The van der Waals surface area contributed by atoms with Crippen molar-refractivity contribution in [3.05, 3.63) is 46.3 Å². The highest BCUT2D eigenvalue weighted by Crippen LogP contribution is 2.26. The molecule has 1 aromatic carbocycles. The lowest BCUT2D eigenvalue weighted by Gasteiger charge is -2.12. The highest BCUT2D eigenvalue weighted by atomic mass is 79.9. The lowest BCUT2D eigenvalue weighted by molar-refractivity contribution is 0.600. The van der Waals surface area contributed by atoms with Crippen molar-refractivity contribution >= 4 is 37.5 Å². The smallest absolute Gasteiger partial charge is 0.262 e. The van der Waals surface area contributed by atoms with Gasteiger partial charge in [-0.25, -0.2) is 17.8 Å². The average Bonchev–Trinajstić information content (AvgIpc) is 2.44. The Bertz CT molecular complexity index is 781. The second-order valence-corrected chi connectivity index (χ2v) is 6.85. The number of anilines is 2. The Labute approximate surface area is 130 Å². The lowest BCUT2D eigenvalue weighted by Crippen LogP contribution is -2.14. The van der Waals surface area contributed by atoms with Gasteiger partial charge in [-0.1, -0.05) is 0 Å². The van der Waals surface area contributed by atoms with Crippen LogP contribution in [-0.4, -0.2) is 20.4 Å². The van der Waals surface area contributed by atoms with Gasteiger partial charge in [-0.15, -0.1) is 0 Å². The van der Waals surface area contributed by atoms with Gasteiger partial charge in [0.15, 0.2) is 0 Å². The third-order valence-corrected chi connectivity index (χ3v) is 4.78. The molecule has 0 saturated heterocycles. The number of aryl methyl sites for hydroxylation is 1. The molecule has 5 nitrogen and oxygen atoms in total. The predicted molar refractivity (Wildman–Crippen MR) is 83.4 cm³/mol. The summed E-state index contributed by atoms with van der Waals surface area (Å²) in [5, 5.41) is 2.77. The molecule has 0 spiro atoms. The highest BCUT2D eigenvalue weighted by Gasteiger charge is 2.17. The van der Waals surface area contributed by atoms with Crippen molar-refractivity contribution in [2.75, 3.05) is 17.1 Å². The summed E-state index contributed by atoms with van der Waals surface area (Å²) >= 11 is 3.04. The van der Waals surface area contributed by atoms with Crippen LogP contribution < -0.4 is 10.0 Å². The Morgan fingerprint density at radius 3 is 2.67 bits per heavy atom. The van der Waals surface area contributed by atoms with E-state index in [9.17, 15) is 12.8 Å². The molecule has 0 unspecified atom stereocenters. The van der Waals surface area contributed by atoms with Gasteiger partial charge >= 0.3 is 0 Å². The van der Waals surface area contributed by atoms with Crippen LogP contribution in [0.1, 0.15) is 5.56 Å². The molecule has 0 atom stereocenters. The monoisotopic (exact) mass is 373 g/mol. The average molecular weight is 374 g/mol. The van der Waals surface area contributed by atoms with E-state index in [0.717, 1.165) is 0 Å². The molecule has 2 N–H and O–H groups in total. The molecular formula is C13H13BrFN3O2S. The van der Waals surface area contributed by atoms with Gasteiger partial charge in [0.05, 0.1) is 15.1 Å². The van der Waals surface area contributed by atoms with Gasteiger partial charge in [-0.2, -0.15) is 0 Å². The summed E-state index contributed by atoms with van der Waals surface area (Å²) < 4.78 is 40.7. The van der Waals surface area contributed by atoms with Gasteiger partial charge in [-0.3, -0.25) is 4.72 Å². The minimum Gasteiger partial charge on any atom is -0.373 e. The Morgan fingerprint density at radius 2 is 2.00 bits per heavy atom. The number of pyridine rings is 1.